The fourth-order valence-corrected chi connectivity index (χ4v) is 8.21. The molecule has 0 bridgehead atoms. The quantitative estimate of drug-likeness (QED) is 0.261. The zero-order valence-corrected chi connectivity index (χ0v) is 16.6. The predicted molar refractivity (Wildman–Crippen MR) is 114 cm³/mol. The molecule has 3 heteroatoms. The van der Waals surface area contributed by atoms with E-state index in [-0.39, 0.29) is 5.63 Å². The molecule has 0 atom stereocenters. The lowest BCUT2D eigenvalue weighted by Crippen LogP contribution is -2.46. The van der Waals surface area contributed by atoms with Gasteiger partial charge in [0.25, 0.3) is 0 Å². The first kappa shape index (κ1) is 17.0. The molecule has 1 aromatic heterocycles. The highest BCUT2D eigenvalue weighted by Crippen LogP contribution is 2.33. The molecule has 0 aliphatic carbocycles. The van der Waals surface area contributed by atoms with Gasteiger partial charge in [0.1, 0.15) is 5.58 Å². The van der Waals surface area contributed by atoms with E-state index in [9.17, 15) is 4.79 Å². The predicted octanol–water partition coefficient (Wildman–Crippen LogP) is 5.81. The summed E-state index contributed by atoms with van der Waals surface area (Å²) < 4.78 is 6.00. The van der Waals surface area contributed by atoms with Crippen molar-refractivity contribution in [2.45, 2.75) is 38.9 Å². The topological polar surface area (TPSA) is 30.2 Å². The van der Waals surface area contributed by atoms with Gasteiger partial charge in [-0.1, -0.05) is 87.4 Å². The van der Waals surface area contributed by atoms with Crippen molar-refractivity contribution in [3.63, 3.8) is 0 Å². The Kier molecular flexibility index (Phi) is 4.20. The molecule has 4 rings (SSSR count). The average Bonchev–Trinajstić information content (AvgIpc) is 2.70. The standard InChI is InChI=1S/C23H24O2Si/c1-4-26(5-2,6-3)20-15-16-11-7-8-12-17(16)21-18-13-9-10-14-19(18)23(24)25-22(20)21/h7-15H,4-6H2,1-3H3. The van der Waals surface area contributed by atoms with Crippen molar-refractivity contribution >= 4 is 45.8 Å². The Morgan fingerprint density at radius 2 is 1.38 bits per heavy atom. The molecule has 0 unspecified atom stereocenters. The molecule has 2 nitrogen and oxygen atoms in total. The van der Waals surface area contributed by atoms with Crippen molar-refractivity contribution in [2.75, 3.05) is 0 Å². The number of fused-ring (bicyclic) bond motifs is 5. The first-order valence-corrected chi connectivity index (χ1v) is 12.1. The van der Waals surface area contributed by atoms with Gasteiger partial charge in [-0.3, -0.25) is 0 Å². The molecule has 4 aromatic rings. The molecule has 0 amide bonds. The highest BCUT2D eigenvalue weighted by Gasteiger charge is 2.33. The Hall–Kier alpha value is -2.39. The molecule has 0 saturated heterocycles. The second-order valence-corrected chi connectivity index (χ2v) is 12.3. The van der Waals surface area contributed by atoms with Crippen molar-refractivity contribution in [3.05, 3.63) is 65.0 Å². The van der Waals surface area contributed by atoms with E-state index in [4.69, 9.17) is 4.42 Å². The third-order valence-corrected chi connectivity index (χ3v) is 11.8. The number of hydrogen-bond acceptors (Lipinski definition) is 2. The number of hydrogen-bond donors (Lipinski definition) is 0. The summed E-state index contributed by atoms with van der Waals surface area (Å²) in [5, 5.41) is 6.47. The van der Waals surface area contributed by atoms with Crippen LogP contribution in [0.3, 0.4) is 0 Å². The van der Waals surface area contributed by atoms with Gasteiger partial charge in [0.15, 0.2) is 0 Å². The molecule has 0 saturated carbocycles. The minimum Gasteiger partial charge on any atom is -0.422 e. The molecule has 0 fully saturated rings. The Balaban J connectivity index is 2.32. The number of benzene rings is 3. The molecule has 1 heterocycles. The fourth-order valence-electron chi connectivity index (χ4n) is 4.44. The Morgan fingerprint density at radius 3 is 2.04 bits per heavy atom. The van der Waals surface area contributed by atoms with Gasteiger partial charge in [-0.05, 0) is 22.0 Å². The zero-order chi connectivity index (χ0) is 18.3. The highest BCUT2D eigenvalue weighted by molar-refractivity contribution is 6.93. The Bertz CT molecular complexity index is 1160. The van der Waals surface area contributed by atoms with E-state index in [0.29, 0.717) is 5.39 Å². The maximum atomic E-state index is 12.7. The third-order valence-electron chi connectivity index (χ3n) is 6.21. The van der Waals surface area contributed by atoms with Crippen LogP contribution in [0.15, 0.2) is 63.8 Å². The van der Waals surface area contributed by atoms with Crippen LogP contribution in [0.2, 0.25) is 18.1 Å². The normalized spacial score (nSPS) is 12.3. The van der Waals surface area contributed by atoms with Gasteiger partial charge in [-0.25, -0.2) is 4.79 Å². The molecule has 0 N–H and O–H groups in total. The van der Waals surface area contributed by atoms with Gasteiger partial charge in [0.05, 0.1) is 13.5 Å². The van der Waals surface area contributed by atoms with E-state index < -0.39 is 8.07 Å². The molecule has 132 valence electrons. The van der Waals surface area contributed by atoms with Crippen molar-refractivity contribution < 1.29 is 4.42 Å². The Labute approximate surface area is 154 Å². The van der Waals surface area contributed by atoms with Gasteiger partial charge in [-0.15, -0.1) is 0 Å². The lowest BCUT2D eigenvalue weighted by molar-refractivity contribution is 0.572. The highest BCUT2D eigenvalue weighted by atomic mass is 28.3. The largest absolute Gasteiger partial charge is 0.422 e. The van der Waals surface area contributed by atoms with Crippen LogP contribution in [-0.4, -0.2) is 8.07 Å². The van der Waals surface area contributed by atoms with Crippen LogP contribution in [0.4, 0.5) is 0 Å². The summed E-state index contributed by atoms with van der Waals surface area (Å²) in [7, 11) is -1.72. The lowest BCUT2D eigenvalue weighted by atomic mass is 10.0. The van der Waals surface area contributed by atoms with Crippen LogP contribution < -0.4 is 10.8 Å². The summed E-state index contributed by atoms with van der Waals surface area (Å²) in [4.78, 5) is 12.7. The fraction of sp³-hybridized carbons (Fsp3) is 0.261. The van der Waals surface area contributed by atoms with E-state index in [0.717, 1.165) is 39.9 Å². The summed E-state index contributed by atoms with van der Waals surface area (Å²) >= 11 is 0. The van der Waals surface area contributed by atoms with Crippen molar-refractivity contribution in [2.24, 2.45) is 0 Å². The van der Waals surface area contributed by atoms with Gasteiger partial charge >= 0.3 is 5.63 Å². The monoisotopic (exact) mass is 360 g/mol. The van der Waals surface area contributed by atoms with E-state index >= 15 is 0 Å². The molecule has 0 spiro atoms. The molecular formula is C23H24O2Si. The van der Waals surface area contributed by atoms with E-state index in [1.54, 1.807) is 0 Å². The molecule has 26 heavy (non-hydrogen) atoms. The third kappa shape index (κ3) is 2.34. The maximum absolute atomic E-state index is 12.7. The van der Waals surface area contributed by atoms with Crippen LogP contribution in [0.1, 0.15) is 20.8 Å². The first-order chi connectivity index (χ1) is 12.6. The second-order valence-electron chi connectivity index (χ2n) is 7.13. The van der Waals surface area contributed by atoms with Gasteiger partial charge < -0.3 is 4.42 Å². The summed E-state index contributed by atoms with van der Waals surface area (Å²) in [5.41, 5.74) is 0.598. The van der Waals surface area contributed by atoms with Crippen LogP contribution >= 0.6 is 0 Å². The molecule has 0 aliphatic rings. The molecule has 3 aromatic carbocycles. The summed E-state index contributed by atoms with van der Waals surface area (Å²) in [6.45, 7) is 6.87. The molecule has 0 radical (unpaired) electrons. The van der Waals surface area contributed by atoms with E-state index in [1.165, 1.54) is 10.6 Å². The second kappa shape index (κ2) is 6.40. The first-order valence-electron chi connectivity index (χ1n) is 9.53. The summed E-state index contributed by atoms with van der Waals surface area (Å²) in [6.07, 6.45) is 0. The minimum absolute atomic E-state index is 0.226. The number of rotatable bonds is 4. The van der Waals surface area contributed by atoms with Crippen molar-refractivity contribution in [3.8, 4) is 0 Å². The van der Waals surface area contributed by atoms with E-state index in [2.05, 4.69) is 57.2 Å². The van der Waals surface area contributed by atoms with E-state index in [1.807, 2.05) is 18.2 Å². The summed E-state index contributed by atoms with van der Waals surface area (Å²) in [6, 6.07) is 22.1. The van der Waals surface area contributed by atoms with Crippen LogP contribution in [0.5, 0.6) is 0 Å². The summed E-state index contributed by atoms with van der Waals surface area (Å²) in [5.74, 6) is 0. The van der Waals surface area contributed by atoms with Gasteiger partial charge in [-0.2, -0.15) is 0 Å². The van der Waals surface area contributed by atoms with Crippen molar-refractivity contribution in [1.29, 1.82) is 0 Å². The zero-order valence-electron chi connectivity index (χ0n) is 15.6. The van der Waals surface area contributed by atoms with Crippen LogP contribution in [0.25, 0.3) is 32.5 Å². The van der Waals surface area contributed by atoms with Crippen LogP contribution in [-0.2, 0) is 0 Å². The average molecular weight is 361 g/mol. The van der Waals surface area contributed by atoms with Crippen LogP contribution in [0, 0.1) is 0 Å². The SMILES string of the molecule is CC[Si](CC)(CC)c1cc2ccccc2c2c1oc(=O)c1ccccc12. The smallest absolute Gasteiger partial charge is 0.344 e. The molecule has 0 aliphatic heterocycles. The minimum atomic E-state index is -1.72. The van der Waals surface area contributed by atoms with Crippen molar-refractivity contribution in [1.82, 2.24) is 0 Å². The van der Waals surface area contributed by atoms with Gasteiger partial charge in [0.2, 0.25) is 0 Å². The lowest BCUT2D eigenvalue weighted by Gasteiger charge is -2.29. The Morgan fingerprint density at radius 1 is 0.808 bits per heavy atom. The van der Waals surface area contributed by atoms with Gasteiger partial charge in [0, 0.05) is 10.8 Å². The maximum Gasteiger partial charge on any atom is 0.344 e. The molecular weight excluding hydrogens is 336 g/mol.